The average molecular weight is 533 g/mol. The van der Waals surface area contributed by atoms with Crippen LogP contribution < -0.4 is 0 Å². The highest BCUT2D eigenvalue weighted by Crippen LogP contribution is 2.25. The second-order valence-electron chi connectivity index (χ2n) is 9.69. The first-order valence-electron chi connectivity index (χ1n) is 13.4. The van der Waals surface area contributed by atoms with Crippen LogP contribution in [-0.2, 0) is 26.4 Å². The minimum Gasteiger partial charge on any atom is -0.377 e. The van der Waals surface area contributed by atoms with E-state index in [1.807, 2.05) is 0 Å². The minimum absolute atomic E-state index is 0.126. The molecule has 0 saturated carbocycles. The van der Waals surface area contributed by atoms with Gasteiger partial charge in [0.25, 0.3) is 0 Å². The summed E-state index contributed by atoms with van der Waals surface area (Å²) in [6.45, 7) is 10.1. The summed E-state index contributed by atoms with van der Waals surface area (Å²) >= 11 is 0. The van der Waals surface area contributed by atoms with E-state index in [9.17, 15) is 0 Å². The van der Waals surface area contributed by atoms with Crippen molar-refractivity contribution in [2.45, 2.75) is 44.6 Å². The first-order valence-corrected chi connectivity index (χ1v) is 15.4. The lowest BCUT2D eigenvalue weighted by molar-refractivity contribution is 0.111. The first kappa shape index (κ1) is 30.0. The van der Waals surface area contributed by atoms with Crippen molar-refractivity contribution in [3.05, 3.63) is 120 Å². The van der Waals surface area contributed by atoms with Gasteiger partial charge in [-0.2, -0.15) is 0 Å². The largest absolute Gasteiger partial charge is 0.500 e. The Kier molecular flexibility index (Phi) is 12.4. The molecule has 0 radical (unpaired) electrons. The number of rotatable bonds is 17. The van der Waals surface area contributed by atoms with Gasteiger partial charge in [0.2, 0.25) is 0 Å². The second-order valence-corrected chi connectivity index (χ2v) is 12.8. The maximum atomic E-state index is 5.70. The maximum Gasteiger partial charge on any atom is 0.500 e. The minimum atomic E-state index is -2.63. The van der Waals surface area contributed by atoms with Gasteiger partial charge in [-0.1, -0.05) is 97.1 Å². The molecule has 2 atom stereocenters. The van der Waals surface area contributed by atoms with Gasteiger partial charge in [-0.3, -0.25) is 9.80 Å². The zero-order chi connectivity index (χ0) is 27.2. The van der Waals surface area contributed by atoms with E-state index in [-0.39, 0.29) is 6.04 Å². The van der Waals surface area contributed by atoms with Crippen LogP contribution in [0.25, 0.3) is 0 Å². The molecule has 0 aliphatic heterocycles. The van der Waals surface area contributed by atoms with Gasteiger partial charge in [-0.15, -0.1) is 6.58 Å². The van der Waals surface area contributed by atoms with Crippen molar-refractivity contribution in [3.63, 3.8) is 0 Å². The third-order valence-electron chi connectivity index (χ3n) is 7.31. The molecule has 0 heterocycles. The summed E-state index contributed by atoms with van der Waals surface area (Å²) in [7, 11) is 2.43. The van der Waals surface area contributed by atoms with E-state index in [1.165, 1.54) is 16.7 Å². The van der Waals surface area contributed by atoms with Gasteiger partial charge in [-0.05, 0) is 30.0 Å². The third-order valence-corrected chi connectivity index (χ3v) is 10.1. The monoisotopic (exact) mass is 532 g/mol. The van der Waals surface area contributed by atoms with Crippen LogP contribution in [0, 0.1) is 0 Å². The topological polar surface area (TPSA) is 34.2 Å². The molecule has 5 nitrogen and oxygen atoms in total. The molecule has 6 heteroatoms. The van der Waals surface area contributed by atoms with Crippen LogP contribution in [0.4, 0.5) is 0 Å². The van der Waals surface area contributed by atoms with Crippen LogP contribution in [0.2, 0.25) is 6.04 Å². The highest BCUT2D eigenvalue weighted by atomic mass is 28.4. The molecule has 2 unspecified atom stereocenters. The van der Waals surface area contributed by atoms with Crippen LogP contribution in [0.1, 0.15) is 36.1 Å². The Balaban J connectivity index is 1.81. The van der Waals surface area contributed by atoms with Gasteiger partial charge < -0.3 is 13.3 Å². The molecule has 38 heavy (non-hydrogen) atoms. The van der Waals surface area contributed by atoms with Gasteiger partial charge in [0.1, 0.15) is 0 Å². The van der Waals surface area contributed by atoms with Crippen molar-refractivity contribution >= 4 is 8.80 Å². The molecule has 0 spiro atoms. The van der Waals surface area contributed by atoms with Crippen molar-refractivity contribution in [1.29, 1.82) is 0 Å². The van der Waals surface area contributed by atoms with E-state index < -0.39 is 8.80 Å². The lowest BCUT2D eigenvalue weighted by Gasteiger charge is -2.36. The summed E-state index contributed by atoms with van der Waals surface area (Å²) in [5.41, 5.74) is 3.87. The third kappa shape index (κ3) is 8.73. The number of hydrogen-bond acceptors (Lipinski definition) is 5. The molecule has 3 rings (SSSR count). The van der Waals surface area contributed by atoms with Gasteiger partial charge in [0, 0.05) is 59.6 Å². The SMILES string of the molecule is C=CC(c1ccccc1)N(CCN(Cc1ccccc1)C(C)CC[Si](OC)(OC)OC)Cc1ccccc1. The molecule has 0 bridgehead atoms. The molecule has 0 amide bonds. The fraction of sp³-hybridized carbons (Fsp3) is 0.375. The molecule has 0 fully saturated rings. The summed E-state index contributed by atoms with van der Waals surface area (Å²) in [5, 5.41) is 0. The molecule has 0 aliphatic carbocycles. The number of benzene rings is 3. The molecular weight excluding hydrogens is 488 g/mol. The quantitative estimate of drug-likeness (QED) is 0.145. The smallest absolute Gasteiger partial charge is 0.377 e. The molecule has 0 aromatic heterocycles. The van der Waals surface area contributed by atoms with Crippen LogP contribution in [0.5, 0.6) is 0 Å². The van der Waals surface area contributed by atoms with Crippen LogP contribution in [-0.4, -0.2) is 59.1 Å². The van der Waals surface area contributed by atoms with E-state index in [1.54, 1.807) is 21.3 Å². The van der Waals surface area contributed by atoms with E-state index in [0.29, 0.717) is 6.04 Å². The van der Waals surface area contributed by atoms with Crippen LogP contribution in [0.3, 0.4) is 0 Å². The molecular formula is C32H44N2O3Si. The van der Waals surface area contributed by atoms with Crippen molar-refractivity contribution in [2.75, 3.05) is 34.4 Å². The van der Waals surface area contributed by atoms with Crippen molar-refractivity contribution in [2.24, 2.45) is 0 Å². The summed E-state index contributed by atoms with van der Waals surface area (Å²) in [5.74, 6) is 0. The molecule has 204 valence electrons. The number of nitrogens with zero attached hydrogens (tertiary/aromatic N) is 2. The second kappa shape index (κ2) is 15.7. The van der Waals surface area contributed by atoms with Crippen LogP contribution >= 0.6 is 0 Å². The fourth-order valence-electron chi connectivity index (χ4n) is 4.94. The fourth-order valence-corrected chi connectivity index (χ4v) is 6.82. The van der Waals surface area contributed by atoms with E-state index in [2.05, 4.69) is 120 Å². The normalized spacial score (nSPS) is 13.5. The first-order chi connectivity index (χ1) is 18.5. The predicted molar refractivity (Wildman–Crippen MR) is 159 cm³/mol. The Bertz CT molecular complexity index is 1040. The van der Waals surface area contributed by atoms with E-state index in [0.717, 1.165) is 38.6 Å². The Morgan fingerprint density at radius 1 is 0.711 bits per heavy atom. The van der Waals surface area contributed by atoms with Gasteiger partial charge >= 0.3 is 8.80 Å². The lowest BCUT2D eigenvalue weighted by atomic mass is 10.0. The van der Waals surface area contributed by atoms with E-state index in [4.69, 9.17) is 13.3 Å². The summed E-state index contributed by atoms with van der Waals surface area (Å²) in [4.78, 5) is 5.10. The van der Waals surface area contributed by atoms with Crippen LogP contribution in [0.15, 0.2) is 104 Å². The zero-order valence-electron chi connectivity index (χ0n) is 23.5. The summed E-state index contributed by atoms with van der Waals surface area (Å²) in [6, 6.07) is 33.3. The summed E-state index contributed by atoms with van der Waals surface area (Å²) < 4.78 is 17.1. The Hall–Kier alpha value is -2.58. The van der Waals surface area contributed by atoms with Gasteiger partial charge in [-0.25, -0.2) is 0 Å². The molecule has 3 aromatic carbocycles. The molecule has 0 N–H and O–H groups in total. The highest BCUT2D eigenvalue weighted by molar-refractivity contribution is 6.60. The summed E-state index contributed by atoms with van der Waals surface area (Å²) in [6.07, 6.45) is 3.00. The Morgan fingerprint density at radius 2 is 1.16 bits per heavy atom. The number of hydrogen-bond donors (Lipinski definition) is 0. The lowest BCUT2D eigenvalue weighted by Crippen LogP contribution is -2.45. The van der Waals surface area contributed by atoms with Crippen molar-refractivity contribution in [1.82, 2.24) is 9.80 Å². The zero-order valence-corrected chi connectivity index (χ0v) is 24.5. The molecule has 0 aliphatic rings. The van der Waals surface area contributed by atoms with Gasteiger partial charge in [0.05, 0.1) is 6.04 Å². The maximum absolute atomic E-state index is 5.70. The van der Waals surface area contributed by atoms with Gasteiger partial charge in [0.15, 0.2) is 0 Å². The van der Waals surface area contributed by atoms with E-state index >= 15 is 0 Å². The molecule has 3 aromatic rings. The molecule has 0 saturated heterocycles. The van der Waals surface area contributed by atoms with Crippen molar-refractivity contribution in [3.8, 4) is 0 Å². The Labute approximate surface area is 231 Å². The standard InChI is InChI=1S/C32H44N2O3Si/c1-6-32(31-20-14-9-15-21-31)34(27-30-18-12-8-13-19-30)24-23-33(26-29-16-10-7-11-17-29)28(2)22-25-38(35-3,36-4)37-5/h6-21,28,32H,1,22-27H2,2-5H3. The highest BCUT2D eigenvalue weighted by Gasteiger charge is 2.38. The predicted octanol–water partition coefficient (Wildman–Crippen LogP) is 6.57. The average Bonchev–Trinajstić information content (AvgIpc) is 2.98. The van der Waals surface area contributed by atoms with Crippen molar-refractivity contribution < 1.29 is 13.3 Å². The Morgan fingerprint density at radius 3 is 1.63 bits per heavy atom.